The first kappa shape index (κ1) is 14.1. The summed E-state index contributed by atoms with van der Waals surface area (Å²) in [6.07, 6.45) is 3.24. The molecule has 21 heavy (non-hydrogen) atoms. The Morgan fingerprint density at radius 1 is 1.43 bits per heavy atom. The fraction of sp³-hybridized carbons (Fsp3) is 0.500. The van der Waals surface area contributed by atoms with E-state index in [9.17, 15) is 9.59 Å². The molecule has 3 rings (SSSR count). The highest BCUT2D eigenvalue weighted by Gasteiger charge is 2.20. The number of rotatable bonds is 5. The maximum atomic E-state index is 12.3. The van der Waals surface area contributed by atoms with Gasteiger partial charge in [-0.3, -0.25) is 9.36 Å². The van der Waals surface area contributed by atoms with Gasteiger partial charge in [0.05, 0.1) is 11.6 Å². The van der Waals surface area contributed by atoms with Gasteiger partial charge in [-0.15, -0.1) is 0 Å². The molecule has 0 amide bonds. The number of benzene rings is 1. The third kappa shape index (κ3) is 2.78. The van der Waals surface area contributed by atoms with Gasteiger partial charge in [-0.1, -0.05) is 6.92 Å². The Morgan fingerprint density at radius 2 is 2.29 bits per heavy atom. The number of carbonyl (C=O) groups excluding carboxylic acids is 1. The molecule has 0 spiro atoms. The minimum Gasteiger partial charge on any atom is -0.408 e. The summed E-state index contributed by atoms with van der Waals surface area (Å²) in [5.74, 6) is -0.328. The molecule has 2 aromatic rings. The average molecular weight is 289 g/mol. The summed E-state index contributed by atoms with van der Waals surface area (Å²) in [6.45, 7) is 3.37. The van der Waals surface area contributed by atoms with E-state index >= 15 is 0 Å². The van der Waals surface area contributed by atoms with Crippen molar-refractivity contribution in [3.8, 4) is 0 Å². The minimum absolute atomic E-state index is 0.0323. The highest BCUT2D eigenvalue weighted by molar-refractivity contribution is 5.98. The molecule has 1 fully saturated rings. The van der Waals surface area contributed by atoms with Gasteiger partial charge in [0, 0.05) is 25.1 Å². The quantitative estimate of drug-likeness (QED) is 0.794. The molecule has 0 aliphatic carbocycles. The van der Waals surface area contributed by atoms with E-state index in [0.717, 1.165) is 31.4 Å². The molecule has 5 heteroatoms. The van der Waals surface area contributed by atoms with Crippen molar-refractivity contribution in [2.45, 2.75) is 45.3 Å². The van der Waals surface area contributed by atoms with Gasteiger partial charge in [0.15, 0.2) is 11.4 Å². The second kappa shape index (κ2) is 5.85. The van der Waals surface area contributed by atoms with Crippen molar-refractivity contribution in [2.24, 2.45) is 0 Å². The molecule has 1 atom stereocenters. The summed E-state index contributed by atoms with van der Waals surface area (Å²) < 4.78 is 12.3. The van der Waals surface area contributed by atoms with E-state index in [-0.39, 0.29) is 17.6 Å². The number of aryl methyl sites for hydroxylation is 1. The first-order valence-electron chi connectivity index (χ1n) is 7.47. The molecule has 2 heterocycles. The highest BCUT2D eigenvalue weighted by atomic mass is 16.5. The largest absolute Gasteiger partial charge is 0.419 e. The van der Waals surface area contributed by atoms with Crippen molar-refractivity contribution >= 4 is 16.9 Å². The maximum absolute atomic E-state index is 12.3. The molecule has 0 radical (unpaired) electrons. The zero-order valence-corrected chi connectivity index (χ0v) is 12.1. The van der Waals surface area contributed by atoms with Crippen molar-refractivity contribution in [1.82, 2.24) is 4.57 Å². The molecule has 1 aliphatic heterocycles. The first-order valence-corrected chi connectivity index (χ1v) is 7.47. The Labute approximate surface area is 122 Å². The summed E-state index contributed by atoms with van der Waals surface area (Å²) >= 11 is 0. The predicted molar refractivity (Wildman–Crippen MR) is 78.7 cm³/mol. The van der Waals surface area contributed by atoms with Crippen LogP contribution in [-0.4, -0.2) is 23.1 Å². The van der Waals surface area contributed by atoms with E-state index in [2.05, 4.69) is 0 Å². The molecule has 1 unspecified atom stereocenters. The van der Waals surface area contributed by atoms with Crippen LogP contribution in [0.1, 0.15) is 43.0 Å². The van der Waals surface area contributed by atoms with Gasteiger partial charge in [-0.2, -0.15) is 0 Å². The number of Topliss-reactive ketones (excluding diaryl/α,β-unsaturated/α-hetero) is 1. The van der Waals surface area contributed by atoms with Crippen LogP contribution in [0.15, 0.2) is 27.4 Å². The van der Waals surface area contributed by atoms with Crippen molar-refractivity contribution in [3.05, 3.63) is 34.3 Å². The number of hydrogen-bond donors (Lipinski definition) is 0. The van der Waals surface area contributed by atoms with Gasteiger partial charge in [-0.25, -0.2) is 4.79 Å². The van der Waals surface area contributed by atoms with Crippen LogP contribution in [0.25, 0.3) is 11.1 Å². The summed E-state index contributed by atoms with van der Waals surface area (Å²) in [6, 6.07) is 5.22. The fourth-order valence-corrected chi connectivity index (χ4v) is 2.81. The molecular formula is C16H19NO4. The van der Waals surface area contributed by atoms with E-state index in [4.69, 9.17) is 9.15 Å². The Kier molecular flexibility index (Phi) is 3.92. The summed E-state index contributed by atoms with van der Waals surface area (Å²) in [7, 11) is 0. The molecule has 1 aromatic carbocycles. The lowest BCUT2D eigenvalue weighted by molar-refractivity contribution is 0.0775. The number of carbonyl (C=O) groups is 1. The molecule has 0 bridgehead atoms. The number of fused-ring (bicyclic) bond motifs is 1. The zero-order chi connectivity index (χ0) is 14.8. The Bertz CT molecular complexity index is 707. The lowest BCUT2D eigenvalue weighted by atomic mass is 10.0. The number of hydrogen-bond acceptors (Lipinski definition) is 4. The fourth-order valence-electron chi connectivity index (χ4n) is 2.81. The van der Waals surface area contributed by atoms with Crippen LogP contribution in [-0.2, 0) is 11.3 Å². The van der Waals surface area contributed by atoms with Gasteiger partial charge in [0.2, 0.25) is 0 Å². The molecule has 112 valence electrons. The SMILES string of the molecule is CCCn1c(=O)oc2cc(C(=O)CC3CCCO3)ccc21. The number of ether oxygens (including phenoxy) is 1. The van der Waals surface area contributed by atoms with Crippen molar-refractivity contribution in [1.29, 1.82) is 0 Å². The monoisotopic (exact) mass is 289 g/mol. The Morgan fingerprint density at radius 3 is 3.00 bits per heavy atom. The third-order valence-electron chi connectivity index (χ3n) is 3.87. The smallest absolute Gasteiger partial charge is 0.408 e. The van der Waals surface area contributed by atoms with E-state index in [1.54, 1.807) is 22.8 Å². The Balaban J connectivity index is 1.87. The van der Waals surface area contributed by atoms with E-state index in [1.165, 1.54) is 0 Å². The van der Waals surface area contributed by atoms with Crippen molar-refractivity contribution in [3.63, 3.8) is 0 Å². The molecule has 1 aliphatic rings. The molecular weight excluding hydrogens is 270 g/mol. The zero-order valence-electron chi connectivity index (χ0n) is 12.1. The minimum atomic E-state index is -0.365. The summed E-state index contributed by atoms with van der Waals surface area (Å²) in [5, 5.41) is 0. The summed E-state index contributed by atoms with van der Waals surface area (Å²) in [5.41, 5.74) is 1.80. The van der Waals surface area contributed by atoms with Crippen LogP contribution in [0.2, 0.25) is 0 Å². The lowest BCUT2D eigenvalue weighted by Crippen LogP contribution is -2.13. The molecule has 1 saturated heterocycles. The number of aromatic nitrogens is 1. The van der Waals surface area contributed by atoms with Crippen LogP contribution >= 0.6 is 0 Å². The standard InChI is InChI=1S/C16H19NO4/c1-2-7-17-13-6-5-11(9-15(13)21-16(17)19)14(18)10-12-4-3-8-20-12/h5-6,9,12H,2-4,7-8,10H2,1H3. The molecule has 5 nitrogen and oxygen atoms in total. The normalized spacial score (nSPS) is 18.4. The molecule has 1 aromatic heterocycles. The second-order valence-electron chi connectivity index (χ2n) is 5.46. The predicted octanol–water partition coefficient (Wildman–Crippen LogP) is 2.76. The molecule has 0 saturated carbocycles. The van der Waals surface area contributed by atoms with Crippen LogP contribution in [0.5, 0.6) is 0 Å². The van der Waals surface area contributed by atoms with Crippen molar-refractivity contribution < 1.29 is 13.9 Å². The van der Waals surface area contributed by atoms with Crippen LogP contribution in [0.3, 0.4) is 0 Å². The number of ketones is 1. The van der Waals surface area contributed by atoms with E-state index in [0.29, 0.717) is 24.1 Å². The average Bonchev–Trinajstić information content (AvgIpc) is 3.07. The Hall–Kier alpha value is -1.88. The van der Waals surface area contributed by atoms with Crippen LogP contribution in [0, 0.1) is 0 Å². The third-order valence-corrected chi connectivity index (χ3v) is 3.87. The second-order valence-corrected chi connectivity index (χ2v) is 5.46. The van der Waals surface area contributed by atoms with Gasteiger partial charge >= 0.3 is 5.76 Å². The van der Waals surface area contributed by atoms with Crippen LogP contribution in [0.4, 0.5) is 0 Å². The molecule has 0 N–H and O–H groups in total. The first-order chi connectivity index (χ1) is 10.2. The van der Waals surface area contributed by atoms with E-state index < -0.39 is 0 Å². The van der Waals surface area contributed by atoms with Gasteiger partial charge in [0.1, 0.15) is 0 Å². The van der Waals surface area contributed by atoms with Crippen LogP contribution < -0.4 is 5.76 Å². The van der Waals surface area contributed by atoms with Gasteiger partial charge in [0.25, 0.3) is 0 Å². The topological polar surface area (TPSA) is 61.4 Å². The van der Waals surface area contributed by atoms with E-state index in [1.807, 2.05) is 6.92 Å². The van der Waals surface area contributed by atoms with Crippen molar-refractivity contribution in [2.75, 3.05) is 6.61 Å². The lowest BCUT2D eigenvalue weighted by Gasteiger charge is -2.08. The highest BCUT2D eigenvalue weighted by Crippen LogP contribution is 2.20. The maximum Gasteiger partial charge on any atom is 0.419 e. The number of nitrogens with zero attached hydrogens (tertiary/aromatic N) is 1. The van der Waals surface area contributed by atoms with Gasteiger partial charge < -0.3 is 9.15 Å². The number of oxazole rings is 1. The van der Waals surface area contributed by atoms with Gasteiger partial charge in [-0.05, 0) is 37.5 Å². The summed E-state index contributed by atoms with van der Waals surface area (Å²) in [4.78, 5) is 24.0.